The van der Waals surface area contributed by atoms with Crippen molar-refractivity contribution in [2.45, 2.75) is 141 Å². The first kappa shape index (κ1) is 41.9. The van der Waals surface area contributed by atoms with E-state index in [9.17, 15) is 9.67 Å². The minimum Gasteiger partial charge on any atom is -0.388 e. The third-order valence-electron chi connectivity index (χ3n) is 6.86. The molecule has 1 unspecified atom stereocenters. The molecule has 0 aliphatic heterocycles. The van der Waals surface area contributed by atoms with Crippen LogP contribution in [0.4, 0.5) is 0 Å². The molecule has 8 heteroatoms. The predicted octanol–water partition coefficient (Wildman–Crippen LogP) is 7.87. The summed E-state index contributed by atoms with van der Waals surface area (Å²) in [7, 11) is 3.45. The van der Waals surface area contributed by atoms with Gasteiger partial charge in [-0.05, 0) is 39.0 Å². The van der Waals surface area contributed by atoms with Gasteiger partial charge in [0.25, 0.3) is 0 Å². The summed E-state index contributed by atoms with van der Waals surface area (Å²) in [5, 5.41) is 9.46. The average Bonchev–Trinajstić information content (AvgIpc) is 2.86. The van der Waals surface area contributed by atoms with E-state index in [4.69, 9.17) is 19.3 Å². The maximum atomic E-state index is 10.7. The Balaban J connectivity index is 0. The van der Waals surface area contributed by atoms with Crippen LogP contribution in [0.25, 0.3) is 0 Å². The Morgan fingerprint density at radius 2 is 1.15 bits per heavy atom. The fourth-order valence-electron chi connectivity index (χ4n) is 4.52. The SMILES string of the molecule is CC(C[N+](C)(C)C)P(=O)(O)O.CCCCCCCCC/C=C\CCCCCCCCCCCOC[C@@H](O)COC. The zero-order chi connectivity index (χ0) is 30.5. The van der Waals surface area contributed by atoms with Gasteiger partial charge >= 0.3 is 7.60 Å². The zero-order valence-electron chi connectivity index (χ0n) is 27.3. The van der Waals surface area contributed by atoms with Crippen molar-refractivity contribution in [2.24, 2.45) is 0 Å². The van der Waals surface area contributed by atoms with E-state index in [0.29, 0.717) is 24.2 Å². The number of quaternary nitrogens is 1. The van der Waals surface area contributed by atoms with Gasteiger partial charge < -0.3 is 28.9 Å². The van der Waals surface area contributed by atoms with Crippen molar-refractivity contribution in [3.05, 3.63) is 12.2 Å². The van der Waals surface area contributed by atoms with Crippen LogP contribution in [0.2, 0.25) is 0 Å². The molecule has 0 aliphatic carbocycles. The minimum atomic E-state index is -3.87. The summed E-state index contributed by atoms with van der Waals surface area (Å²) in [6.45, 7) is 5.85. The molecule has 0 rings (SSSR count). The first-order valence-electron chi connectivity index (χ1n) is 16.2. The number of aliphatic hydroxyl groups is 1. The highest BCUT2D eigenvalue weighted by molar-refractivity contribution is 7.52. The number of unbranched alkanes of at least 4 members (excludes halogenated alkanes) is 16. The molecule has 242 valence electrons. The summed E-state index contributed by atoms with van der Waals surface area (Å²) in [6, 6.07) is 0. The largest absolute Gasteiger partial charge is 0.388 e. The first-order valence-corrected chi connectivity index (χ1v) is 17.9. The van der Waals surface area contributed by atoms with Gasteiger partial charge in [-0.1, -0.05) is 103 Å². The topological polar surface area (TPSA) is 96.2 Å². The van der Waals surface area contributed by atoms with Crippen LogP contribution in [-0.2, 0) is 14.0 Å². The Bertz CT molecular complexity index is 590. The Morgan fingerprint density at radius 3 is 1.52 bits per heavy atom. The fourth-order valence-corrected chi connectivity index (χ4v) is 5.22. The van der Waals surface area contributed by atoms with E-state index in [0.717, 1.165) is 13.0 Å². The Morgan fingerprint density at radius 1 is 0.725 bits per heavy atom. The molecular formula is C32H69NO6P+. The molecule has 0 aromatic carbocycles. The van der Waals surface area contributed by atoms with Gasteiger partial charge in [-0.15, -0.1) is 0 Å². The normalized spacial score (nSPS) is 13.8. The number of allylic oxidation sites excluding steroid dienone is 2. The van der Waals surface area contributed by atoms with Gasteiger partial charge in [0.05, 0.1) is 40.9 Å². The van der Waals surface area contributed by atoms with Crippen molar-refractivity contribution in [1.29, 1.82) is 0 Å². The maximum Gasteiger partial charge on any atom is 0.333 e. The van der Waals surface area contributed by atoms with Crippen LogP contribution in [0.3, 0.4) is 0 Å². The van der Waals surface area contributed by atoms with Crippen LogP contribution in [0.15, 0.2) is 12.2 Å². The van der Waals surface area contributed by atoms with Gasteiger partial charge in [0.2, 0.25) is 0 Å². The minimum absolute atomic E-state index is 0.357. The predicted molar refractivity (Wildman–Crippen MR) is 171 cm³/mol. The molecule has 2 atom stereocenters. The van der Waals surface area contributed by atoms with Gasteiger partial charge in [0.15, 0.2) is 0 Å². The second kappa shape index (κ2) is 28.8. The van der Waals surface area contributed by atoms with E-state index in [1.807, 2.05) is 21.1 Å². The molecule has 0 fully saturated rings. The highest BCUT2D eigenvalue weighted by Gasteiger charge is 2.28. The van der Waals surface area contributed by atoms with Gasteiger partial charge in [-0.2, -0.15) is 0 Å². The average molecular weight is 595 g/mol. The molecule has 0 spiro atoms. The lowest BCUT2D eigenvalue weighted by Gasteiger charge is -2.27. The Kier molecular flexibility index (Phi) is 30.2. The number of rotatable bonds is 27. The molecule has 0 aliphatic rings. The number of hydrogen-bond donors (Lipinski definition) is 3. The highest BCUT2D eigenvalue weighted by Crippen LogP contribution is 2.41. The van der Waals surface area contributed by atoms with E-state index >= 15 is 0 Å². The maximum absolute atomic E-state index is 10.7. The molecule has 0 saturated carbocycles. The molecule has 0 amide bonds. The molecule has 40 heavy (non-hydrogen) atoms. The fraction of sp³-hybridized carbons (Fsp3) is 0.938. The summed E-state index contributed by atoms with van der Waals surface area (Å²) < 4.78 is 21.6. The summed E-state index contributed by atoms with van der Waals surface area (Å²) in [5.41, 5.74) is -0.553. The highest BCUT2D eigenvalue weighted by atomic mass is 31.2. The van der Waals surface area contributed by atoms with E-state index in [1.54, 1.807) is 14.0 Å². The standard InChI is InChI=1S/C26H52O3.C6H16NO3P/c1-3-4-5-6-7-8-9-10-11-12-13-14-15-16-17-18-19-20-21-22-23-29-25-26(27)24-28-2;1-6(11(8,9)10)5-7(2,3)4/h11-12,26-27H,3-10,13-25H2,1-2H3;6H,5H2,1-4H3,(H-,8,9,10)/p+1/b12-11-;/t26-;/m0./s1. The molecule has 0 aromatic rings. The molecule has 0 radical (unpaired) electrons. The summed E-state index contributed by atoms with van der Waals surface area (Å²) in [4.78, 5) is 17.5. The monoisotopic (exact) mass is 594 g/mol. The summed E-state index contributed by atoms with van der Waals surface area (Å²) in [5.74, 6) is 0. The van der Waals surface area contributed by atoms with Crippen molar-refractivity contribution >= 4 is 7.60 Å². The van der Waals surface area contributed by atoms with Gasteiger partial charge in [0.1, 0.15) is 11.8 Å². The second-order valence-electron chi connectivity index (χ2n) is 12.4. The molecular weight excluding hydrogens is 525 g/mol. The summed E-state index contributed by atoms with van der Waals surface area (Å²) in [6.07, 6.45) is 28.7. The number of aliphatic hydroxyl groups excluding tert-OH is 1. The molecule has 7 nitrogen and oxygen atoms in total. The van der Waals surface area contributed by atoms with Crippen molar-refractivity contribution in [3.63, 3.8) is 0 Å². The van der Waals surface area contributed by atoms with E-state index < -0.39 is 19.4 Å². The molecule has 0 bridgehead atoms. The zero-order valence-corrected chi connectivity index (χ0v) is 28.2. The van der Waals surface area contributed by atoms with Crippen molar-refractivity contribution in [3.8, 4) is 0 Å². The Labute approximate surface area is 248 Å². The Hall–Kier alpha value is -0.270. The smallest absolute Gasteiger partial charge is 0.333 e. The van der Waals surface area contributed by atoms with Crippen LogP contribution < -0.4 is 0 Å². The van der Waals surface area contributed by atoms with Crippen LogP contribution in [0, 0.1) is 0 Å². The van der Waals surface area contributed by atoms with Crippen LogP contribution in [0.5, 0.6) is 0 Å². The lowest BCUT2D eigenvalue weighted by atomic mass is 10.1. The molecule has 0 saturated heterocycles. The van der Waals surface area contributed by atoms with Gasteiger partial charge in [-0.3, -0.25) is 4.57 Å². The number of nitrogens with zero attached hydrogens (tertiary/aromatic N) is 1. The van der Waals surface area contributed by atoms with Gasteiger partial charge in [-0.25, -0.2) is 0 Å². The van der Waals surface area contributed by atoms with Crippen molar-refractivity contribution in [1.82, 2.24) is 0 Å². The lowest BCUT2D eigenvalue weighted by molar-refractivity contribution is -0.869. The number of ether oxygens (including phenoxy) is 2. The number of methoxy groups -OCH3 is 1. The quantitative estimate of drug-likeness (QED) is 0.0388. The van der Waals surface area contributed by atoms with Crippen LogP contribution in [-0.4, -0.2) is 85.8 Å². The van der Waals surface area contributed by atoms with E-state index in [-0.39, 0.29) is 0 Å². The molecule has 3 N–H and O–H groups in total. The van der Waals surface area contributed by atoms with Crippen LogP contribution in [0.1, 0.15) is 129 Å². The lowest BCUT2D eigenvalue weighted by Crippen LogP contribution is -2.40. The van der Waals surface area contributed by atoms with E-state index in [2.05, 4.69) is 19.1 Å². The molecule has 0 aromatic heterocycles. The van der Waals surface area contributed by atoms with E-state index in [1.165, 1.54) is 109 Å². The second-order valence-corrected chi connectivity index (χ2v) is 14.5. The molecule has 0 heterocycles. The summed E-state index contributed by atoms with van der Waals surface area (Å²) >= 11 is 0. The first-order chi connectivity index (χ1) is 18.9. The third kappa shape index (κ3) is 35.8. The number of hydrogen-bond acceptors (Lipinski definition) is 4. The van der Waals surface area contributed by atoms with Crippen LogP contribution >= 0.6 is 7.60 Å². The van der Waals surface area contributed by atoms with Gasteiger partial charge in [0, 0.05) is 13.7 Å². The van der Waals surface area contributed by atoms with Crippen molar-refractivity contribution < 1.29 is 33.4 Å². The van der Waals surface area contributed by atoms with Crippen molar-refractivity contribution in [2.75, 3.05) is 54.6 Å². The third-order valence-corrected chi connectivity index (χ3v) is 8.17.